The molecule has 2 nitrogen and oxygen atoms in total. The molecule has 0 fully saturated rings. The van der Waals surface area contributed by atoms with Crippen molar-refractivity contribution in [3.8, 4) is 0 Å². The zero-order valence-corrected chi connectivity index (χ0v) is 12.2. The summed E-state index contributed by atoms with van der Waals surface area (Å²) >= 11 is 0.778. The second-order valence-electron chi connectivity index (χ2n) is 2.86. The molecule has 1 aliphatic heterocycles. The monoisotopic (exact) mass is 240 g/mol. The Morgan fingerprint density at radius 1 is 1.38 bits per heavy atom. The van der Waals surface area contributed by atoms with Gasteiger partial charge in [0.15, 0.2) is 0 Å². The standard InChI is InChI=1S/C8H16N2.Al.2ClH.2H/c1-3-4-5-10-7-6-9(2)8-10;;;;;/h6-7H,3-5,8H2,1-2H3;;2*1H;;/q;+1;;;;/p-1. The smallest absolute Gasteiger partial charge is 0.353 e. The molecule has 0 saturated carbocycles. The molecular formula is C8H19AlCl2N2. The summed E-state index contributed by atoms with van der Waals surface area (Å²) < 4.78 is 0. The van der Waals surface area contributed by atoms with Crippen molar-refractivity contribution in [2.75, 3.05) is 20.3 Å². The van der Waals surface area contributed by atoms with E-state index in [0.29, 0.717) is 0 Å². The van der Waals surface area contributed by atoms with Crippen molar-refractivity contribution in [2.45, 2.75) is 19.8 Å². The summed E-state index contributed by atoms with van der Waals surface area (Å²) in [5.41, 5.74) is 0. The average Bonchev–Trinajstić information content (AvgIpc) is 2.51. The lowest BCUT2D eigenvalue weighted by molar-refractivity contribution is 0.293. The molecule has 0 atom stereocenters. The predicted octanol–water partition coefficient (Wildman–Crippen LogP) is 1.66. The van der Waals surface area contributed by atoms with E-state index in [1.165, 1.54) is 19.4 Å². The Balaban J connectivity index is 0. The molecule has 1 aliphatic rings. The Morgan fingerprint density at radius 3 is 2.38 bits per heavy atom. The molecule has 0 bridgehead atoms. The van der Waals surface area contributed by atoms with Gasteiger partial charge in [-0.2, -0.15) is 0 Å². The lowest BCUT2D eigenvalue weighted by Gasteiger charge is -2.17. The summed E-state index contributed by atoms with van der Waals surface area (Å²) in [5, 5.41) is 0. The molecule has 78 valence electrons. The molecule has 0 unspecified atom stereocenters. The van der Waals surface area contributed by atoms with Gasteiger partial charge in [0, 0.05) is 26.0 Å². The van der Waals surface area contributed by atoms with E-state index in [0.717, 1.165) is 22.0 Å². The van der Waals surface area contributed by atoms with E-state index in [1.54, 1.807) is 0 Å². The molecule has 5 heteroatoms. The van der Waals surface area contributed by atoms with Crippen LogP contribution in [-0.4, -0.2) is 45.4 Å². The van der Waals surface area contributed by atoms with Crippen molar-refractivity contribution >= 4 is 37.8 Å². The van der Waals surface area contributed by atoms with E-state index in [1.807, 2.05) is 0 Å². The fraction of sp³-hybridized carbons (Fsp3) is 0.750. The normalized spacial score (nSPS) is 13.5. The van der Waals surface area contributed by atoms with Crippen molar-refractivity contribution < 1.29 is 0 Å². The van der Waals surface area contributed by atoms with E-state index in [4.69, 9.17) is 10.0 Å². The number of halogens is 2. The van der Waals surface area contributed by atoms with Gasteiger partial charge in [-0.3, -0.25) is 10.0 Å². The number of nitrogens with zero attached hydrogens (tertiary/aromatic N) is 2. The Labute approximate surface area is 99.9 Å². The van der Waals surface area contributed by atoms with Crippen LogP contribution in [0.1, 0.15) is 19.8 Å². The van der Waals surface area contributed by atoms with Gasteiger partial charge in [0.05, 0.1) is 6.67 Å². The molecule has 0 spiro atoms. The van der Waals surface area contributed by atoms with E-state index in [2.05, 4.69) is 36.2 Å². The van der Waals surface area contributed by atoms with Crippen molar-refractivity contribution in [2.24, 2.45) is 0 Å². The van der Waals surface area contributed by atoms with Crippen LogP contribution in [0.5, 0.6) is 0 Å². The van der Waals surface area contributed by atoms with Crippen LogP contribution in [0.15, 0.2) is 12.4 Å². The first-order valence-electron chi connectivity index (χ1n) is 4.33. The van der Waals surface area contributed by atoms with Gasteiger partial charge in [-0.15, -0.1) is 12.4 Å². The van der Waals surface area contributed by atoms with Gasteiger partial charge in [0.1, 0.15) is 0 Å². The van der Waals surface area contributed by atoms with E-state index >= 15 is 0 Å². The van der Waals surface area contributed by atoms with Crippen LogP contribution in [0.2, 0.25) is 0 Å². The van der Waals surface area contributed by atoms with Gasteiger partial charge in [0.2, 0.25) is 0 Å². The quantitative estimate of drug-likeness (QED) is 0.693. The van der Waals surface area contributed by atoms with Gasteiger partial charge < -0.3 is 9.80 Å². The van der Waals surface area contributed by atoms with Crippen LogP contribution in [-0.2, 0) is 0 Å². The molecule has 1 rings (SSSR count). The molecule has 0 amide bonds. The first kappa shape index (κ1) is 15.9. The average molecular weight is 241 g/mol. The number of rotatable bonds is 3. The lowest BCUT2D eigenvalue weighted by Crippen LogP contribution is -2.23. The van der Waals surface area contributed by atoms with Crippen LogP contribution in [0.25, 0.3) is 0 Å². The molecule has 0 aromatic carbocycles. The van der Waals surface area contributed by atoms with Gasteiger partial charge >= 0.3 is 15.4 Å². The first-order chi connectivity index (χ1) is 5.83. The summed E-state index contributed by atoms with van der Waals surface area (Å²) in [6.45, 7) is 4.50. The molecule has 13 heavy (non-hydrogen) atoms. The van der Waals surface area contributed by atoms with E-state index in [-0.39, 0.29) is 12.4 Å². The highest BCUT2D eigenvalue weighted by Gasteiger charge is 2.05. The minimum Gasteiger partial charge on any atom is -0.362 e. The van der Waals surface area contributed by atoms with E-state index < -0.39 is 0 Å². The van der Waals surface area contributed by atoms with Gasteiger partial charge in [0.25, 0.3) is 0 Å². The third-order valence-electron chi connectivity index (χ3n) is 1.74. The van der Waals surface area contributed by atoms with E-state index in [9.17, 15) is 0 Å². The SMILES string of the molecule is CCCCN1C=CN(C)C1.Cl.[AlH2][Cl]. The highest BCUT2D eigenvalue weighted by atomic mass is 35.6. The molecule has 0 aromatic rings. The third kappa shape index (κ3) is 7.52. The Hall–Kier alpha value is 0.452. The van der Waals surface area contributed by atoms with Gasteiger partial charge in [-0.1, -0.05) is 13.3 Å². The highest BCUT2D eigenvalue weighted by Crippen LogP contribution is 2.04. The number of hydrogen-bond donors (Lipinski definition) is 0. The minimum absolute atomic E-state index is 0. The van der Waals surface area contributed by atoms with Crippen LogP contribution in [0, 0.1) is 0 Å². The topological polar surface area (TPSA) is 6.48 Å². The summed E-state index contributed by atoms with van der Waals surface area (Å²) in [5.74, 6) is 0. The minimum atomic E-state index is 0. The summed E-state index contributed by atoms with van der Waals surface area (Å²) in [7, 11) is 6.88. The molecule has 0 aliphatic carbocycles. The van der Waals surface area contributed by atoms with Crippen LogP contribution in [0.3, 0.4) is 0 Å². The molecule has 0 radical (unpaired) electrons. The molecule has 0 N–H and O–H groups in total. The van der Waals surface area contributed by atoms with Crippen molar-refractivity contribution in [1.29, 1.82) is 0 Å². The maximum Gasteiger partial charge on any atom is 0.353 e. The molecular weight excluding hydrogens is 222 g/mol. The zero-order chi connectivity index (χ0) is 9.40. The number of unbranched alkanes of at least 4 members (excludes halogenated alkanes) is 1. The molecule has 0 saturated heterocycles. The largest absolute Gasteiger partial charge is 0.362 e. The summed E-state index contributed by atoms with van der Waals surface area (Å²) in [4.78, 5) is 4.53. The fourth-order valence-corrected chi connectivity index (χ4v) is 1.10. The van der Waals surface area contributed by atoms with Crippen LogP contribution < -0.4 is 0 Å². The third-order valence-corrected chi connectivity index (χ3v) is 1.74. The summed E-state index contributed by atoms with van der Waals surface area (Å²) in [6.07, 6.45) is 6.87. The Bertz CT molecular complexity index is 133. The second-order valence-corrected chi connectivity index (χ2v) is 2.86. The Kier molecular flexibility index (Phi) is 12.9. The molecule has 0 aromatic heterocycles. The predicted molar refractivity (Wildman–Crippen MR) is 65.0 cm³/mol. The van der Waals surface area contributed by atoms with Crippen LogP contribution >= 0.6 is 22.5 Å². The van der Waals surface area contributed by atoms with Crippen LogP contribution in [0.4, 0.5) is 0 Å². The summed E-state index contributed by atoms with van der Waals surface area (Å²) in [6, 6.07) is 0. The Morgan fingerprint density at radius 2 is 2.00 bits per heavy atom. The van der Waals surface area contributed by atoms with Gasteiger partial charge in [-0.05, 0) is 6.42 Å². The molecule has 1 heterocycles. The van der Waals surface area contributed by atoms with Gasteiger partial charge in [-0.25, -0.2) is 0 Å². The first-order valence-corrected chi connectivity index (χ1v) is 7.35. The highest BCUT2D eigenvalue weighted by molar-refractivity contribution is 6.80. The fourth-order valence-electron chi connectivity index (χ4n) is 1.10. The number of hydrogen-bond acceptors (Lipinski definition) is 2. The second kappa shape index (κ2) is 10.5. The maximum atomic E-state index is 4.78. The maximum absolute atomic E-state index is 4.78. The van der Waals surface area contributed by atoms with Crippen molar-refractivity contribution in [3.05, 3.63) is 12.4 Å². The van der Waals surface area contributed by atoms with Crippen molar-refractivity contribution in [3.63, 3.8) is 0 Å². The van der Waals surface area contributed by atoms with Crippen molar-refractivity contribution in [1.82, 2.24) is 9.80 Å². The zero-order valence-electron chi connectivity index (χ0n) is 8.66. The lowest BCUT2D eigenvalue weighted by atomic mass is 10.3.